The zero-order valence-electron chi connectivity index (χ0n) is 55.2. The molecule has 0 radical (unpaired) electrons. The van der Waals surface area contributed by atoms with Crippen LogP contribution in [0.5, 0.6) is 17.2 Å². The fourth-order valence-corrected chi connectivity index (χ4v) is 14.0. The van der Waals surface area contributed by atoms with E-state index in [1.807, 2.05) is 48.5 Å². The highest BCUT2D eigenvalue weighted by Gasteiger charge is 2.36. The van der Waals surface area contributed by atoms with Gasteiger partial charge >= 0.3 is 6.18 Å². The van der Waals surface area contributed by atoms with Crippen molar-refractivity contribution < 1.29 is 27.4 Å². The van der Waals surface area contributed by atoms with Gasteiger partial charge in [-0.1, -0.05) is 245 Å². The first kappa shape index (κ1) is 63.6. The van der Waals surface area contributed by atoms with Crippen molar-refractivity contribution in [3.05, 3.63) is 281 Å². The van der Waals surface area contributed by atoms with Crippen molar-refractivity contribution in [3.63, 3.8) is 0 Å². The Labute approximate surface area is 561 Å². The number of hydrogen-bond donors (Lipinski definition) is 0. The Balaban J connectivity index is 1.50. The van der Waals surface area contributed by atoms with Gasteiger partial charge in [0.15, 0.2) is 0 Å². The van der Waals surface area contributed by atoms with Gasteiger partial charge in [-0.05, 0) is 230 Å². The number of ether oxygens (including phenoxy) is 3. The van der Waals surface area contributed by atoms with Crippen LogP contribution >= 0.6 is 11.6 Å². The van der Waals surface area contributed by atoms with Crippen molar-refractivity contribution in [1.82, 2.24) is 0 Å². The largest absolute Gasteiger partial charge is 0.497 e. The molecule has 0 amide bonds. The zero-order chi connectivity index (χ0) is 66.4. The predicted octanol–water partition coefficient (Wildman–Crippen LogP) is 25.4. The van der Waals surface area contributed by atoms with Gasteiger partial charge < -0.3 is 14.2 Å². The lowest BCUT2D eigenvalue weighted by atomic mass is 9.70. The van der Waals surface area contributed by atoms with E-state index in [4.69, 9.17) is 25.8 Å². The average molecular weight is 1270 g/mol. The van der Waals surface area contributed by atoms with Gasteiger partial charge in [-0.15, -0.1) is 0 Å². The molecule has 0 N–H and O–H groups in total. The van der Waals surface area contributed by atoms with E-state index in [1.54, 1.807) is 33.5 Å². The van der Waals surface area contributed by atoms with E-state index >= 15 is 13.2 Å². The van der Waals surface area contributed by atoms with E-state index in [0.29, 0.717) is 27.8 Å². The van der Waals surface area contributed by atoms with Crippen molar-refractivity contribution in [2.24, 2.45) is 0 Å². The SMILES string of the molecule is CCc1ccc(-c2c3c(-c4ccc(C(C)(C)C)cc4)c(-c4ccc(OC)cc4)c(-c4ccccc4)c(-c4ccc(C(F)(F)F)cc4)c3c(-c3ccc(CC)cc3)c3c(-c4cccc(C)c4)c(-c4cc(OC)cc(OC)c4)c(-c4ccc(C)cc4)c(-c4ccc(Cl)cc4)c23)cc1. The topological polar surface area (TPSA) is 27.7 Å². The second kappa shape index (κ2) is 26.0. The first-order valence-electron chi connectivity index (χ1n) is 32.4. The second-order valence-corrected chi connectivity index (χ2v) is 26.1. The maximum atomic E-state index is 15.3. The molecule has 0 unspecified atom stereocenters. The van der Waals surface area contributed by atoms with Crippen LogP contribution in [0.25, 0.3) is 133 Å². The van der Waals surface area contributed by atoms with E-state index in [2.05, 4.69) is 218 Å². The molecule has 0 atom stereocenters. The van der Waals surface area contributed by atoms with E-state index in [9.17, 15) is 0 Å². The molecule has 13 rings (SSSR count). The molecule has 0 fully saturated rings. The van der Waals surface area contributed by atoms with E-state index in [1.165, 1.54) is 12.1 Å². The smallest absolute Gasteiger partial charge is 0.416 e. The highest BCUT2D eigenvalue weighted by atomic mass is 35.5. The fraction of sp³-hybridized carbons (Fsp3) is 0.159. The number of halogens is 4. The van der Waals surface area contributed by atoms with Crippen LogP contribution in [0.3, 0.4) is 0 Å². The van der Waals surface area contributed by atoms with Gasteiger partial charge in [-0.2, -0.15) is 13.2 Å². The Morgan fingerprint density at radius 2 is 0.653 bits per heavy atom. The van der Waals surface area contributed by atoms with E-state index in [-0.39, 0.29) is 5.41 Å². The highest BCUT2D eigenvalue weighted by Crippen LogP contribution is 2.63. The van der Waals surface area contributed by atoms with Gasteiger partial charge in [-0.3, -0.25) is 0 Å². The van der Waals surface area contributed by atoms with E-state index < -0.39 is 11.7 Å². The standard InChI is InChI=1S/C88H74ClF3O3/c1-11-55-23-29-59(30-24-55)79-84-77(61-33-41-67(42-34-61)87(5,6)7)74(64-39-47-70(93-8)48-40-64)73(57-18-14-13-15-19-57)76(62-35-43-68(44-36-62)88(90,91)92)83(84)80(60-31-25-56(12-2)26-32-60)86-81(65-20-16-17-54(4)49-65)82(66-50-71(94-9)52-72(51-66)95-10)75(58-27-21-53(3)22-28-58)78(85(79)86)63-37-45-69(89)46-38-63/h13-52H,11-12H2,1-10H3. The summed E-state index contributed by atoms with van der Waals surface area (Å²) in [6, 6.07) is 83.4. The molecular weight excluding hydrogens is 1200 g/mol. The van der Waals surface area contributed by atoms with Gasteiger partial charge in [0, 0.05) is 11.1 Å². The van der Waals surface area contributed by atoms with E-state index in [0.717, 1.165) is 168 Å². The summed E-state index contributed by atoms with van der Waals surface area (Å²) in [6.07, 6.45) is -3.02. The molecule has 0 aliphatic heterocycles. The third-order valence-corrected chi connectivity index (χ3v) is 19.0. The highest BCUT2D eigenvalue weighted by molar-refractivity contribution is 6.38. The number of benzene rings is 13. The minimum atomic E-state index is -4.62. The van der Waals surface area contributed by atoms with Crippen LogP contribution in [-0.4, -0.2) is 21.3 Å². The predicted molar refractivity (Wildman–Crippen MR) is 392 cm³/mol. The van der Waals surface area contributed by atoms with Crippen molar-refractivity contribution in [1.29, 1.82) is 0 Å². The first-order chi connectivity index (χ1) is 45.9. The molecule has 7 heteroatoms. The number of methoxy groups -OCH3 is 3. The minimum Gasteiger partial charge on any atom is -0.497 e. The van der Waals surface area contributed by atoms with Gasteiger partial charge in [0.05, 0.1) is 26.9 Å². The summed E-state index contributed by atoms with van der Waals surface area (Å²) in [5, 5.41) is 4.24. The Morgan fingerprint density at radius 3 is 1.06 bits per heavy atom. The lowest BCUT2D eigenvalue weighted by Gasteiger charge is -2.32. The molecule has 0 heterocycles. The Morgan fingerprint density at radius 1 is 0.305 bits per heavy atom. The maximum Gasteiger partial charge on any atom is 0.416 e. The van der Waals surface area contributed by atoms with Crippen molar-refractivity contribution in [3.8, 4) is 129 Å². The quantitative estimate of drug-likeness (QED) is 0.0958. The minimum absolute atomic E-state index is 0.197. The summed E-state index contributed by atoms with van der Waals surface area (Å²) in [4.78, 5) is 0. The summed E-state index contributed by atoms with van der Waals surface area (Å²) in [7, 11) is 5.04. The van der Waals surface area contributed by atoms with Crippen LogP contribution in [0.15, 0.2) is 243 Å². The third-order valence-electron chi connectivity index (χ3n) is 18.7. The van der Waals surface area contributed by atoms with Crippen LogP contribution in [0.4, 0.5) is 13.2 Å². The molecule has 13 aromatic rings. The van der Waals surface area contributed by atoms with Gasteiger partial charge in [-0.25, -0.2) is 0 Å². The normalized spacial score (nSPS) is 11.8. The van der Waals surface area contributed by atoms with Crippen LogP contribution < -0.4 is 14.2 Å². The third kappa shape index (κ3) is 12.1. The van der Waals surface area contributed by atoms with Crippen LogP contribution in [-0.2, 0) is 24.4 Å². The number of aryl methyl sites for hydroxylation is 4. The van der Waals surface area contributed by atoms with Crippen molar-refractivity contribution in [2.45, 2.75) is 72.9 Å². The Hall–Kier alpha value is -10.1. The Kier molecular flexibility index (Phi) is 17.4. The van der Waals surface area contributed by atoms with Gasteiger partial charge in [0.2, 0.25) is 0 Å². The summed E-state index contributed by atoms with van der Waals surface area (Å²) in [5.41, 5.74) is 22.6. The molecule has 0 aliphatic rings. The average Bonchev–Trinajstić information content (AvgIpc) is 0.677. The van der Waals surface area contributed by atoms with Crippen molar-refractivity contribution in [2.75, 3.05) is 21.3 Å². The second-order valence-electron chi connectivity index (χ2n) is 25.7. The van der Waals surface area contributed by atoms with Crippen LogP contribution in [0, 0.1) is 13.8 Å². The molecule has 0 aliphatic carbocycles. The zero-order valence-corrected chi connectivity index (χ0v) is 56.0. The van der Waals surface area contributed by atoms with Crippen molar-refractivity contribution >= 4 is 33.1 Å². The lowest BCUT2D eigenvalue weighted by Crippen LogP contribution is -2.10. The molecule has 13 aromatic carbocycles. The molecular formula is C88H74ClF3O3. The maximum absolute atomic E-state index is 15.3. The van der Waals surface area contributed by atoms with Gasteiger partial charge in [0.1, 0.15) is 17.2 Å². The summed E-state index contributed by atoms with van der Waals surface area (Å²) in [5.74, 6) is 1.89. The summed E-state index contributed by atoms with van der Waals surface area (Å²) in [6.45, 7) is 15.3. The summed E-state index contributed by atoms with van der Waals surface area (Å²) >= 11 is 7.07. The number of rotatable bonds is 15. The Bertz CT molecular complexity index is 4970. The molecule has 95 heavy (non-hydrogen) atoms. The number of hydrogen-bond acceptors (Lipinski definition) is 3. The lowest BCUT2D eigenvalue weighted by molar-refractivity contribution is -0.137. The molecule has 0 spiro atoms. The molecule has 0 saturated heterocycles. The first-order valence-corrected chi connectivity index (χ1v) is 32.8. The number of fused-ring (bicyclic) bond motifs is 2. The monoisotopic (exact) mass is 1270 g/mol. The number of alkyl halides is 3. The molecule has 0 bridgehead atoms. The summed E-state index contributed by atoms with van der Waals surface area (Å²) < 4.78 is 64.2. The van der Waals surface area contributed by atoms with Crippen LogP contribution in [0.2, 0.25) is 5.02 Å². The fourth-order valence-electron chi connectivity index (χ4n) is 13.9. The van der Waals surface area contributed by atoms with Crippen LogP contribution in [0.1, 0.15) is 68.0 Å². The molecule has 3 nitrogen and oxygen atoms in total. The molecule has 0 saturated carbocycles. The molecule has 0 aromatic heterocycles. The van der Waals surface area contributed by atoms with Gasteiger partial charge in [0.25, 0.3) is 0 Å². The molecule has 472 valence electrons.